The summed E-state index contributed by atoms with van der Waals surface area (Å²) < 4.78 is 0. The molecule has 18 heavy (non-hydrogen) atoms. The van der Waals surface area contributed by atoms with Crippen LogP contribution in [0.15, 0.2) is 12.1 Å². The Kier molecular flexibility index (Phi) is 3.30. The van der Waals surface area contributed by atoms with Crippen molar-refractivity contribution >= 4 is 22.2 Å². The van der Waals surface area contributed by atoms with Gasteiger partial charge in [-0.15, -0.1) is 0 Å². The molecule has 1 heterocycles. The van der Waals surface area contributed by atoms with E-state index in [1.807, 2.05) is 0 Å². The van der Waals surface area contributed by atoms with Crippen molar-refractivity contribution < 1.29 is 9.72 Å². The Morgan fingerprint density at radius 3 is 2.67 bits per heavy atom. The summed E-state index contributed by atoms with van der Waals surface area (Å²) in [7, 11) is 0. The zero-order valence-electron chi connectivity index (χ0n) is 9.51. The summed E-state index contributed by atoms with van der Waals surface area (Å²) in [6.45, 7) is 0. The summed E-state index contributed by atoms with van der Waals surface area (Å²) >= 11 is 0.821. The van der Waals surface area contributed by atoms with Crippen LogP contribution in [0, 0.1) is 21.4 Å². The summed E-state index contributed by atoms with van der Waals surface area (Å²) in [6, 6.07) is 4.86. The van der Waals surface area contributed by atoms with E-state index in [1.165, 1.54) is 12.1 Å². The lowest BCUT2D eigenvalue weighted by atomic mass is 10.00. The van der Waals surface area contributed by atoms with Crippen LogP contribution in [-0.4, -0.2) is 16.4 Å². The molecule has 0 saturated heterocycles. The van der Waals surface area contributed by atoms with Crippen molar-refractivity contribution in [2.75, 3.05) is 0 Å². The Morgan fingerprint density at radius 1 is 1.50 bits per heavy atom. The number of rotatable bonds is 3. The average Bonchev–Trinajstić information content (AvgIpc) is 2.98. The smallest absolute Gasteiger partial charge is 0.324 e. The first-order valence-electron chi connectivity index (χ1n) is 5.54. The average molecular weight is 265 g/mol. The minimum absolute atomic E-state index is 0.0717. The molecule has 1 saturated carbocycles. The van der Waals surface area contributed by atoms with Crippen molar-refractivity contribution in [2.24, 2.45) is 0 Å². The van der Waals surface area contributed by atoms with Gasteiger partial charge in [-0.3, -0.25) is 14.9 Å². The lowest BCUT2D eigenvalue weighted by molar-refractivity contribution is -0.380. The van der Waals surface area contributed by atoms with Gasteiger partial charge in [0.1, 0.15) is 5.54 Å². The van der Waals surface area contributed by atoms with E-state index in [2.05, 4.69) is 11.4 Å². The summed E-state index contributed by atoms with van der Waals surface area (Å²) in [4.78, 5) is 22.2. The molecule has 0 radical (unpaired) electrons. The molecule has 0 bridgehead atoms. The highest BCUT2D eigenvalue weighted by Crippen LogP contribution is 2.30. The first-order valence-corrected chi connectivity index (χ1v) is 6.36. The maximum atomic E-state index is 11.9. The Labute approximate surface area is 107 Å². The fourth-order valence-electron chi connectivity index (χ4n) is 2.07. The zero-order chi connectivity index (χ0) is 13.2. The lowest BCUT2D eigenvalue weighted by Gasteiger charge is -2.21. The number of carbonyl (C=O) groups is 1. The van der Waals surface area contributed by atoms with Gasteiger partial charge in [0, 0.05) is 6.07 Å². The van der Waals surface area contributed by atoms with Gasteiger partial charge in [0.2, 0.25) is 0 Å². The number of nitriles is 1. The molecule has 6 nitrogen and oxygen atoms in total. The molecular formula is C11H11N3O3S. The molecule has 0 atom stereocenters. The first-order chi connectivity index (χ1) is 8.56. The molecular weight excluding hydrogens is 254 g/mol. The van der Waals surface area contributed by atoms with Crippen LogP contribution in [0.2, 0.25) is 0 Å². The van der Waals surface area contributed by atoms with Gasteiger partial charge < -0.3 is 5.32 Å². The van der Waals surface area contributed by atoms with Gasteiger partial charge in [0.25, 0.3) is 5.91 Å². The molecule has 1 N–H and O–H groups in total. The lowest BCUT2D eigenvalue weighted by Crippen LogP contribution is -2.44. The number of carbonyl (C=O) groups excluding carboxylic acids is 1. The molecule has 0 aliphatic heterocycles. The Hall–Kier alpha value is -1.94. The van der Waals surface area contributed by atoms with Crippen molar-refractivity contribution in [1.82, 2.24) is 5.32 Å². The Balaban J connectivity index is 2.12. The van der Waals surface area contributed by atoms with E-state index < -0.39 is 16.4 Å². The molecule has 1 aliphatic rings. The van der Waals surface area contributed by atoms with E-state index >= 15 is 0 Å². The zero-order valence-corrected chi connectivity index (χ0v) is 10.3. The van der Waals surface area contributed by atoms with Gasteiger partial charge in [-0.2, -0.15) is 5.26 Å². The third-order valence-electron chi connectivity index (χ3n) is 3.02. The van der Waals surface area contributed by atoms with Crippen LogP contribution in [0.4, 0.5) is 5.00 Å². The third kappa shape index (κ3) is 2.33. The second kappa shape index (κ2) is 4.74. The Bertz CT molecular complexity index is 526. The summed E-state index contributed by atoms with van der Waals surface area (Å²) in [6.07, 6.45) is 3.11. The minimum Gasteiger partial charge on any atom is -0.333 e. The van der Waals surface area contributed by atoms with Crippen molar-refractivity contribution in [3.05, 3.63) is 27.1 Å². The van der Waals surface area contributed by atoms with Gasteiger partial charge in [-0.25, -0.2) is 0 Å². The van der Waals surface area contributed by atoms with Gasteiger partial charge in [-0.05, 0) is 31.7 Å². The molecule has 0 unspecified atom stereocenters. The quantitative estimate of drug-likeness (QED) is 0.669. The van der Waals surface area contributed by atoms with Gasteiger partial charge in [0.15, 0.2) is 0 Å². The van der Waals surface area contributed by atoms with Crippen molar-refractivity contribution in [3.8, 4) is 6.07 Å². The highest BCUT2D eigenvalue weighted by molar-refractivity contribution is 7.17. The molecule has 1 aromatic heterocycles. The molecule has 7 heteroatoms. The molecule has 94 valence electrons. The van der Waals surface area contributed by atoms with Crippen LogP contribution >= 0.6 is 11.3 Å². The molecule has 0 aromatic carbocycles. The SMILES string of the molecule is N#CC1(NC(=O)c2ccc([N+](=O)[O-])s2)CCCC1. The highest BCUT2D eigenvalue weighted by atomic mass is 32.1. The van der Waals surface area contributed by atoms with Crippen LogP contribution in [0.1, 0.15) is 35.4 Å². The fraction of sp³-hybridized carbons (Fsp3) is 0.455. The van der Waals surface area contributed by atoms with Crippen LogP contribution < -0.4 is 5.32 Å². The number of amides is 1. The van der Waals surface area contributed by atoms with E-state index in [1.54, 1.807) is 0 Å². The van der Waals surface area contributed by atoms with Crippen LogP contribution in [0.3, 0.4) is 0 Å². The monoisotopic (exact) mass is 265 g/mol. The van der Waals surface area contributed by atoms with Crippen molar-refractivity contribution in [1.29, 1.82) is 5.26 Å². The predicted molar refractivity (Wildman–Crippen MR) is 65.3 cm³/mol. The van der Waals surface area contributed by atoms with Crippen LogP contribution in [0.5, 0.6) is 0 Å². The standard InChI is InChI=1S/C11H11N3O3S/c12-7-11(5-1-2-6-11)13-10(15)8-3-4-9(18-8)14(16)17/h3-4H,1-2,5-6H2,(H,13,15). The van der Waals surface area contributed by atoms with Gasteiger partial charge in [0.05, 0.1) is 15.9 Å². The maximum absolute atomic E-state index is 11.9. The molecule has 1 fully saturated rings. The predicted octanol–water partition coefficient (Wildman–Crippen LogP) is 2.22. The normalized spacial score (nSPS) is 17.1. The summed E-state index contributed by atoms with van der Waals surface area (Å²) in [5.41, 5.74) is -0.796. The maximum Gasteiger partial charge on any atom is 0.324 e. The van der Waals surface area contributed by atoms with E-state index in [0.717, 1.165) is 24.2 Å². The van der Waals surface area contributed by atoms with Gasteiger partial charge >= 0.3 is 5.00 Å². The topological polar surface area (TPSA) is 96.0 Å². The number of nitrogens with zero attached hydrogens (tertiary/aromatic N) is 2. The minimum atomic E-state index is -0.796. The summed E-state index contributed by atoms with van der Waals surface area (Å²) in [5.74, 6) is -0.406. The molecule has 1 aromatic rings. The van der Waals surface area contributed by atoms with E-state index in [0.29, 0.717) is 12.8 Å². The molecule has 2 rings (SSSR count). The molecule has 0 spiro atoms. The van der Waals surface area contributed by atoms with E-state index in [9.17, 15) is 14.9 Å². The van der Waals surface area contributed by atoms with E-state index in [-0.39, 0.29) is 9.88 Å². The first kappa shape index (κ1) is 12.5. The molecule has 1 aliphatic carbocycles. The fourth-order valence-corrected chi connectivity index (χ4v) is 2.79. The number of hydrogen-bond donors (Lipinski definition) is 1. The second-order valence-corrected chi connectivity index (χ2v) is 5.31. The summed E-state index contributed by atoms with van der Waals surface area (Å²) in [5, 5.41) is 22.3. The third-order valence-corrected chi connectivity index (χ3v) is 4.06. The number of nitro groups is 1. The van der Waals surface area contributed by atoms with E-state index in [4.69, 9.17) is 5.26 Å². The molecule has 1 amide bonds. The number of nitrogens with one attached hydrogen (secondary N) is 1. The van der Waals surface area contributed by atoms with Crippen molar-refractivity contribution in [3.63, 3.8) is 0 Å². The van der Waals surface area contributed by atoms with Crippen LogP contribution in [-0.2, 0) is 0 Å². The number of hydrogen-bond acceptors (Lipinski definition) is 5. The second-order valence-electron chi connectivity index (χ2n) is 4.25. The van der Waals surface area contributed by atoms with Crippen LogP contribution in [0.25, 0.3) is 0 Å². The number of thiophene rings is 1. The highest BCUT2D eigenvalue weighted by Gasteiger charge is 2.36. The largest absolute Gasteiger partial charge is 0.333 e. The Morgan fingerprint density at radius 2 is 2.17 bits per heavy atom. The van der Waals surface area contributed by atoms with Crippen molar-refractivity contribution in [2.45, 2.75) is 31.2 Å². The van der Waals surface area contributed by atoms with Gasteiger partial charge in [-0.1, -0.05) is 11.3 Å².